The van der Waals surface area contributed by atoms with Crippen LogP contribution in [0.15, 0.2) is 98.8 Å². The summed E-state index contributed by atoms with van der Waals surface area (Å²) in [5.74, 6) is 1.44. The molecular formula is C27H21Cl2N3O2S. The molecule has 1 unspecified atom stereocenters. The van der Waals surface area contributed by atoms with Crippen LogP contribution < -0.4 is 5.73 Å². The van der Waals surface area contributed by atoms with Gasteiger partial charge in [-0.2, -0.15) is 4.98 Å². The predicted molar refractivity (Wildman–Crippen MR) is 141 cm³/mol. The van der Waals surface area contributed by atoms with Crippen molar-refractivity contribution < 1.29 is 9.26 Å². The summed E-state index contributed by atoms with van der Waals surface area (Å²) in [6, 6.07) is 23.3. The van der Waals surface area contributed by atoms with E-state index in [4.69, 9.17) is 38.2 Å². The molecule has 5 nitrogen and oxygen atoms in total. The quantitative estimate of drug-likeness (QED) is 0.288. The standard InChI is InChI=1S/C27H21Cl2N3O2S/c1-15-3-5-17(6-4-15)22-23(27-31-26(32-34-27)18-7-9-19(28)10-8-18)25(30)33-16(2)24(22)35-21-13-11-20(29)12-14-21/h3-14,22H,30H2,1-2H3. The molecule has 1 aliphatic heterocycles. The van der Waals surface area contributed by atoms with E-state index in [-0.39, 0.29) is 11.8 Å². The SMILES string of the molecule is CC1=C(Sc2ccc(Cl)cc2)C(c2ccc(C)cc2)C(c2nc(-c3ccc(Cl)cc3)no2)=C(N)O1. The van der Waals surface area contributed by atoms with Gasteiger partial charge in [0, 0.05) is 25.4 Å². The van der Waals surface area contributed by atoms with Crippen molar-refractivity contribution in [3.63, 3.8) is 0 Å². The summed E-state index contributed by atoms with van der Waals surface area (Å²) in [5.41, 5.74) is 10.1. The fourth-order valence-corrected chi connectivity index (χ4v) is 5.20. The first-order valence-electron chi connectivity index (χ1n) is 10.9. The number of hydrogen-bond donors (Lipinski definition) is 1. The van der Waals surface area contributed by atoms with Gasteiger partial charge < -0.3 is 15.0 Å². The first kappa shape index (κ1) is 23.5. The highest BCUT2D eigenvalue weighted by Crippen LogP contribution is 2.50. The molecular weight excluding hydrogens is 501 g/mol. The molecule has 0 radical (unpaired) electrons. The van der Waals surface area contributed by atoms with Crippen molar-refractivity contribution >= 4 is 40.5 Å². The Balaban J connectivity index is 1.60. The predicted octanol–water partition coefficient (Wildman–Crippen LogP) is 7.82. The van der Waals surface area contributed by atoms with E-state index in [2.05, 4.69) is 41.3 Å². The Hall–Kier alpha value is -3.19. The number of nitrogens with two attached hydrogens (primary N) is 1. The number of nitrogens with zero attached hydrogens (tertiary/aromatic N) is 2. The van der Waals surface area contributed by atoms with E-state index >= 15 is 0 Å². The van der Waals surface area contributed by atoms with Crippen LogP contribution in [0.2, 0.25) is 10.0 Å². The van der Waals surface area contributed by atoms with E-state index in [1.54, 1.807) is 23.9 Å². The fourth-order valence-electron chi connectivity index (χ4n) is 3.86. The Bertz CT molecular complexity index is 1430. The Morgan fingerprint density at radius 1 is 0.857 bits per heavy atom. The third kappa shape index (κ3) is 4.96. The molecule has 2 heterocycles. The average molecular weight is 522 g/mol. The molecule has 0 aliphatic carbocycles. The van der Waals surface area contributed by atoms with Crippen molar-refractivity contribution in [1.82, 2.24) is 10.1 Å². The number of hydrogen-bond acceptors (Lipinski definition) is 6. The lowest BCUT2D eigenvalue weighted by molar-refractivity contribution is 0.289. The lowest BCUT2D eigenvalue weighted by Crippen LogP contribution is -2.19. The number of rotatable bonds is 5. The first-order chi connectivity index (χ1) is 16.9. The van der Waals surface area contributed by atoms with Crippen molar-refractivity contribution in [3.05, 3.63) is 116 Å². The normalized spacial score (nSPS) is 15.9. The number of ether oxygens (including phenoxy) is 1. The maximum atomic E-state index is 6.45. The van der Waals surface area contributed by atoms with Crippen LogP contribution in [-0.2, 0) is 4.74 Å². The summed E-state index contributed by atoms with van der Waals surface area (Å²) in [6.07, 6.45) is 0. The molecule has 1 aromatic heterocycles. The van der Waals surface area contributed by atoms with Crippen molar-refractivity contribution in [2.24, 2.45) is 5.73 Å². The van der Waals surface area contributed by atoms with Crippen molar-refractivity contribution in [3.8, 4) is 11.4 Å². The van der Waals surface area contributed by atoms with Crippen LogP contribution in [0.5, 0.6) is 0 Å². The molecule has 0 spiro atoms. The van der Waals surface area contributed by atoms with Gasteiger partial charge >= 0.3 is 0 Å². The Kier molecular flexibility index (Phi) is 6.60. The molecule has 0 amide bonds. The van der Waals surface area contributed by atoms with Crippen LogP contribution in [-0.4, -0.2) is 10.1 Å². The molecule has 4 aromatic rings. The van der Waals surface area contributed by atoms with Crippen molar-refractivity contribution in [1.29, 1.82) is 0 Å². The zero-order valence-electron chi connectivity index (χ0n) is 19.0. The topological polar surface area (TPSA) is 74.2 Å². The zero-order chi connectivity index (χ0) is 24.5. The van der Waals surface area contributed by atoms with Gasteiger partial charge in [-0.05, 0) is 67.9 Å². The highest BCUT2D eigenvalue weighted by atomic mass is 35.5. The highest BCUT2D eigenvalue weighted by Gasteiger charge is 2.36. The van der Waals surface area contributed by atoms with E-state index < -0.39 is 0 Å². The third-order valence-corrected chi connectivity index (χ3v) is 7.39. The van der Waals surface area contributed by atoms with Crippen LogP contribution in [0.1, 0.15) is 29.9 Å². The first-order valence-corrected chi connectivity index (χ1v) is 12.4. The second-order valence-corrected chi connectivity index (χ2v) is 10.1. The minimum absolute atomic E-state index is 0.236. The fraction of sp³-hybridized carbons (Fsp3) is 0.111. The summed E-state index contributed by atoms with van der Waals surface area (Å²) in [4.78, 5) is 6.67. The van der Waals surface area contributed by atoms with Crippen molar-refractivity contribution in [2.75, 3.05) is 0 Å². The molecule has 0 saturated heterocycles. The molecule has 5 rings (SSSR count). The summed E-state index contributed by atoms with van der Waals surface area (Å²) in [7, 11) is 0. The minimum Gasteiger partial charge on any atom is -0.445 e. The van der Waals surface area contributed by atoms with Gasteiger partial charge in [-0.3, -0.25) is 0 Å². The monoisotopic (exact) mass is 521 g/mol. The van der Waals surface area contributed by atoms with Crippen LogP contribution in [0.4, 0.5) is 0 Å². The number of thioether (sulfide) groups is 1. The molecule has 0 bridgehead atoms. The van der Waals surface area contributed by atoms with E-state index in [1.165, 1.54) is 0 Å². The van der Waals surface area contributed by atoms with E-state index in [0.717, 1.165) is 26.5 Å². The van der Waals surface area contributed by atoms with Gasteiger partial charge in [0.15, 0.2) is 5.88 Å². The summed E-state index contributed by atoms with van der Waals surface area (Å²) >= 11 is 13.7. The molecule has 1 aliphatic rings. The summed E-state index contributed by atoms with van der Waals surface area (Å²) in [5, 5.41) is 5.51. The van der Waals surface area contributed by atoms with Crippen LogP contribution >= 0.6 is 35.0 Å². The number of benzene rings is 3. The molecule has 0 fully saturated rings. The van der Waals surface area contributed by atoms with Gasteiger partial charge in [-0.1, -0.05) is 69.9 Å². The minimum atomic E-state index is -0.261. The molecule has 176 valence electrons. The third-order valence-electron chi connectivity index (χ3n) is 5.64. The number of allylic oxidation sites excluding steroid dienone is 3. The highest BCUT2D eigenvalue weighted by molar-refractivity contribution is 8.03. The molecule has 1 atom stereocenters. The number of halogens is 2. The average Bonchev–Trinajstić information content (AvgIpc) is 3.32. The molecule has 2 N–H and O–H groups in total. The number of aryl methyl sites for hydroxylation is 1. The van der Waals surface area contributed by atoms with Gasteiger partial charge in [-0.25, -0.2) is 0 Å². The van der Waals surface area contributed by atoms with E-state index in [1.807, 2.05) is 43.3 Å². The number of aromatic nitrogens is 2. The van der Waals surface area contributed by atoms with Gasteiger partial charge in [0.05, 0.1) is 11.5 Å². The molecule has 0 saturated carbocycles. The Labute approximate surface area is 217 Å². The van der Waals surface area contributed by atoms with E-state index in [0.29, 0.717) is 33.1 Å². The van der Waals surface area contributed by atoms with Gasteiger partial charge in [-0.15, -0.1) is 0 Å². The summed E-state index contributed by atoms with van der Waals surface area (Å²) in [6.45, 7) is 3.97. The lowest BCUT2D eigenvalue weighted by atomic mass is 9.88. The maximum Gasteiger partial charge on any atom is 0.260 e. The Morgan fingerprint density at radius 3 is 2.14 bits per heavy atom. The van der Waals surface area contributed by atoms with Crippen LogP contribution in [0.25, 0.3) is 17.0 Å². The zero-order valence-corrected chi connectivity index (χ0v) is 21.3. The van der Waals surface area contributed by atoms with Gasteiger partial charge in [0.1, 0.15) is 5.76 Å². The summed E-state index contributed by atoms with van der Waals surface area (Å²) < 4.78 is 11.7. The maximum absolute atomic E-state index is 6.45. The van der Waals surface area contributed by atoms with Gasteiger partial charge in [0.2, 0.25) is 5.82 Å². The smallest absolute Gasteiger partial charge is 0.260 e. The molecule has 8 heteroatoms. The van der Waals surface area contributed by atoms with Crippen LogP contribution in [0.3, 0.4) is 0 Å². The largest absolute Gasteiger partial charge is 0.445 e. The lowest BCUT2D eigenvalue weighted by Gasteiger charge is -2.29. The van der Waals surface area contributed by atoms with Crippen LogP contribution in [0, 0.1) is 6.92 Å². The van der Waals surface area contributed by atoms with Crippen molar-refractivity contribution in [2.45, 2.75) is 24.7 Å². The molecule has 3 aromatic carbocycles. The van der Waals surface area contributed by atoms with Gasteiger partial charge in [0.25, 0.3) is 5.89 Å². The Morgan fingerprint density at radius 2 is 1.49 bits per heavy atom. The second-order valence-electron chi connectivity index (χ2n) is 8.13. The molecule has 35 heavy (non-hydrogen) atoms. The van der Waals surface area contributed by atoms with E-state index in [9.17, 15) is 0 Å². The second kappa shape index (κ2) is 9.82.